The molecule has 1 fully saturated rings. The number of anilines is 1. The van der Waals surface area contributed by atoms with E-state index in [1.54, 1.807) is 49.9 Å². The fourth-order valence-electron chi connectivity index (χ4n) is 6.14. The lowest BCUT2D eigenvalue weighted by Crippen LogP contribution is -2.51. The molecule has 6 rings (SSSR count). The number of sulfone groups is 1. The Morgan fingerprint density at radius 2 is 1.74 bits per heavy atom. The van der Waals surface area contributed by atoms with Gasteiger partial charge in [-0.2, -0.15) is 4.98 Å². The molecule has 4 aromatic rings. The van der Waals surface area contributed by atoms with E-state index < -0.39 is 61.5 Å². The van der Waals surface area contributed by atoms with Crippen LogP contribution in [-0.2, 0) is 42.7 Å². The van der Waals surface area contributed by atoms with Crippen LogP contribution in [0.4, 0.5) is 19.7 Å². The lowest BCUT2D eigenvalue weighted by atomic mass is 9.80. The Balaban J connectivity index is 1.27. The summed E-state index contributed by atoms with van der Waals surface area (Å²) in [4.78, 5) is 46.5. The third kappa shape index (κ3) is 8.62. The Kier molecular flexibility index (Phi) is 10.5. The lowest BCUT2D eigenvalue weighted by molar-refractivity contribution is -0.120. The summed E-state index contributed by atoms with van der Waals surface area (Å²) < 4.78 is 59.9. The van der Waals surface area contributed by atoms with Crippen LogP contribution in [0.15, 0.2) is 76.1 Å². The number of fused-ring (bicyclic) bond motifs is 1. The molecule has 2 aliphatic rings. The lowest BCUT2D eigenvalue weighted by Gasteiger charge is -2.36. The van der Waals surface area contributed by atoms with Crippen LogP contribution in [0.5, 0.6) is 0 Å². The zero-order chi connectivity index (χ0) is 38.1. The molecule has 1 aromatic heterocycles. The number of benzene rings is 3. The highest BCUT2D eigenvalue weighted by Crippen LogP contribution is 2.39. The van der Waals surface area contributed by atoms with Gasteiger partial charge in [0, 0.05) is 18.1 Å². The maximum atomic E-state index is 16.0. The highest BCUT2D eigenvalue weighted by Gasteiger charge is 2.42. The summed E-state index contributed by atoms with van der Waals surface area (Å²) in [6.45, 7) is 7.50. The highest BCUT2D eigenvalue weighted by atomic mass is 35.5. The van der Waals surface area contributed by atoms with Gasteiger partial charge in [0.2, 0.25) is 11.7 Å². The Labute approximate surface area is 311 Å². The average Bonchev–Trinajstić information content (AvgIpc) is 3.59. The van der Waals surface area contributed by atoms with Crippen molar-refractivity contribution in [1.29, 1.82) is 0 Å². The van der Waals surface area contributed by atoms with Crippen molar-refractivity contribution < 1.29 is 41.2 Å². The number of alkyl carbamates (subject to hydrolysis) is 1. The van der Waals surface area contributed by atoms with Crippen molar-refractivity contribution in [3.05, 3.63) is 94.6 Å². The zero-order valence-electron chi connectivity index (χ0n) is 29.6. The van der Waals surface area contributed by atoms with Crippen LogP contribution in [0.3, 0.4) is 0 Å². The Bertz CT molecular complexity index is 2110. The van der Waals surface area contributed by atoms with Gasteiger partial charge >= 0.3 is 12.2 Å². The summed E-state index contributed by atoms with van der Waals surface area (Å²) in [7, 11) is -4.36. The van der Waals surface area contributed by atoms with Crippen LogP contribution in [0.25, 0.3) is 11.4 Å². The van der Waals surface area contributed by atoms with Crippen molar-refractivity contribution in [3.8, 4) is 11.4 Å². The average molecular weight is 768 g/mol. The van der Waals surface area contributed by atoms with E-state index in [1.165, 1.54) is 11.0 Å². The summed E-state index contributed by atoms with van der Waals surface area (Å²) in [5.41, 5.74) is -0.462. The standard InChI is InChI=1S/C37H39ClFN5O8S/c1-36(2,3)51-34(46)40-28-22-53(48,49)30-19-27(39)26(18-29(30)44(32(28)45)20-23-10-12-25(38)13-11-23)31-41-33(52-42-31)37(4)14-16-43(17-15-37)35(47)50-21-24-8-6-5-7-9-24/h5-13,18-19,28H,14-17,20-22H2,1-4H3,(H,40,46)/t28-/m0/s1. The van der Waals surface area contributed by atoms with Gasteiger partial charge in [-0.05, 0) is 69.0 Å². The fraction of sp³-hybridized carbons (Fsp3) is 0.378. The van der Waals surface area contributed by atoms with E-state index in [4.69, 9.17) is 25.6 Å². The number of carbonyl (C=O) groups is 3. The summed E-state index contributed by atoms with van der Waals surface area (Å²) >= 11 is 6.08. The van der Waals surface area contributed by atoms with E-state index in [-0.39, 0.29) is 36.1 Å². The molecule has 280 valence electrons. The normalized spacial score (nSPS) is 18.2. The minimum atomic E-state index is -4.36. The molecule has 13 nitrogen and oxygen atoms in total. The summed E-state index contributed by atoms with van der Waals surface area (Å²) in [5.74, 6) is -2.51. The van der Waals surface area contributed by atoms with Gasteiger partial charge in [0.15, 0.2) is 9.84 Å². The van der Waals surface area contributed by atoms with E-state index in [9.17, 15) is 22.8 Å². The van der Waals surface area contributed by atoms with Gasteiger partial charge in [-0.3, -0.25) is 4.79 Å². The second-order valence-electron chi connectivity index (χ2n) is 14.3. The first kappa shape index (κ1) is 37.7. The monoisotopic (exact) mass is 767 g/mol. The molecule has 0 spiro atoms. The number of ether oxygens (including phenoxy) is 2. The van der Waals surface area contributed by atoms with Crippen LogP contribution in [-0.4, -0.2) is 72.0 Å². The quantitative estimate of drug-likeness (QED) is 0.222. The van der Waals surface area contributed by atoms with Crippen LogP contribution < -0.4 is 10.2 Å². The predicted molar refractivity (Wildman–Crippen MR) is 192 cm³/mol. The van der Waals surface area contributed by atoms with E-state index >= 15 is 4.39 Å². The molecule has 0 bridgehead atoms. The molecule has 1 saturated heterocycles. The number of likely N-dealkylation sites (tertiary alicyclic amines) is 1. The number of carbonyl (C=O) groups excluding carboxylic acids is 3. The molecule has 0 radical (unpaired) electrons. The van der Waals surface area contributed by atoms with Gasteiger partial charge in [0.25, 0.3) is 5.91 Å². The molecule has 3 aromatic carbocycles. The Hall–Kier alpha value is -5.02. The number of hydrogen-bond acceptors (Lipinski definition) is 10. The highest BCUT2D eigenvalue weighted by molar-refractivity contribution is 7.91. The topological polar surface area (TPSA) is 161 Å². The molecule has 53 heavy (non-hydrogen) atoms. The molecule has 2 aliphatic heterocycles. The van der Waals surface area contributed by atoms with Crippen LogP contribution in [0, 0.1) is 5.82 Å². The minimum absolute atomic E-state index is 0.130. The molecule has 0 unspecified atom stereocenters. The molecular formula is C37H39ClFN5O8S. The van der Waals surface area contributed by atoms with Crippen LogP contribution in [0.2, 0.25) is 5.02 Å². The van der Waals surface area contributed by atoms with Gasteiger partial charge in [-0.15, -0.1) is 0 Å². The van der Waals surface area contributed by atoms with Crippen molar-refractivity contribution in [2.45, 2.75) is 75.6 Å². The SMILES string of the molecule is CC(C)(C)OC(=O)N[C@H]1CS(=O)(=O)c2cc(F)c(-c3noc(C4(C)CCN(C(=O)OCc5ccccc5)CC4)n3)cc2N(Cc2ccc(Cl)cc2)C1=O. The molecule has 16 heteroatoms. The Morgan fingerprint density at radius 1 is 1.06 bits per heavy atom. The number of hydrogen-bond donors (Lipinski definition) is 1. The van der Waals surface area contributed by atoms with Gasteiger partial charge in [0.05, 0.1) is 33.9 Å². The number of halogens is 2. The van der Waals surface area contributed by atoms with Gasteiger partial charge < -0.3 is 29.1 Å². The van der Waals surface area contributed by atoms with Gasteiger partial charge in [-0.25, -0.2) is 22.4 Å². The first-order chi connectivity index (χ1) is 25.0. The summed E-state index contributed by atoms with van der Waals surface area (Å²) in [6.07, 6.45) is -0.520. The van der Waals surface area contributed by atoms with Crippen molar-refractivity contribution in [2.75, 3.05) is 23.7 Å². The van der Waals surface area contributed by atoms with Crippen molar-refractivity contribution in [1.82, 2.24) is 20.4 Å². The molecule has 0 aliphatic carbocycles. The van der Waals surface area contributed by atoms with Crippen molar-refractivity contribution >= 4 is 45.2 Å². The number of rotatable bonds is 7. The first-order valence-corrected chi connectivity index (χ1v) is 19.0. The number of piperidine rings is 1. The molecule has 3 amide bonds. The Morgan fingerprint density at radius 3 is 2.40 bits per heavy atom. The van der Waals surface area contributed by atoms with Crippen molar-refractivity contribution in [2.24, 2.45) is 0 Å². The number of nitrogens with one attached hydrogen (secondary N) is 1. The predicted octanol–water partition coefficient (Wildman–Crippen LogP) is 6.43. The second-order valence-corrected chi connectivity index (χ2v) is 16.8. The molecule has 3 heterocycles. The molecule has 1 N–H and O–H groups in total. The summed E-state index contributed by atoms with van der Waals surface area (Å²) in [5, 5.41) is 6.89. The van der Waals surface area contributed by atoms with Gasteiger partial charge in [0.1, 0.15) is 24.1 Å². The zero-order valence-corrected chi connectivity index (χ0v) is 31.2. The number of amides is 3. The molecule has 1 atom stereocenters. The van der Waals surface area contributed by atoms with Gasteiger partial charge in [-0.1, -0.05) is 66.1 Å². The molecule has 0 saturated carbocycles. The first-order valence-electron chi connectivity index (χ1n) is 16.9. The van der Waals surface area contributed by atoms with Crippen LogP contribution >= 0.6 is 11.6 Å². The fourth-order valence-corrected chi connectivity index (χ4v) is 7.88. The maximum Gasteiger partial charge on any atom is 0.410 e. The van der Waals surface area contributed by atoms with E-state index in [2.05, 4.69) is 15.5 Å². The molecular weight excluding hydrogens is 729 g/mol. The minimum Gasteiger partial charge on any atom is -0.445 e. The number of nitrogens with zero attached hydrogens (tertiary/aromatic N) is 4. The van der Waals surface area contributed by atoms with E-state index in [0.29, 0.717) is 36.5 Å². The number of aromatic nitrogens is 2. The van der Waals surface area contributed by atoms with E-state index in [0.717, 1.165) is 11.6 Å². The largest absolute Gasteiger partial charge is 0.445 e. The van der Waals surface area contributed by atoms with Crippen molar-refractivity contribution in [3.63, 3.8) is 0 Å². The van der Waals surface area contributed by atoms with Crippen LogP contribution in [0.1, 0.15) is 57.6 Å². The summed E-state index contributed by atoms with van der Waals surface area (Å²) in [6, 6.07) is 16.4. The maximum absolute atomic E-state index is 16.0. The smallest absolute Gasteiger partial charge is 0.410 e. The van der Waals surface area contributed by atoms with E-state index in [1.807, 2.05) is 37.3 Å². The third-order valence-corrected chi connectivity index (χ3v) is 11.1. The third-order valence-electron chi connectivity index (χ3n) is 9.08. The second kappa shape index (κ2) is 14.8.